The quantitative estimate of drug-likeness (QED) is 0.569. The second kappa shape index (κ2) is 6.27. The van der Waals surface area contributed by atoms with Gasteiger partial charge >= 0.3 is 0 Å². The average molecular weight is 378 g/mol. The van der Waals surface area contributed by atoms with E-state index in [1.807, 2.05) is 24.3 Å². The molecule has 140 valence electrons. The van der Waals surface area contributed by atoms with Gasteiger partial charge in [0.1, 0.15) is 11.4 Å². The smallest absolute Gasteiger partial charge is 0.282 e. The van der Waals surface area contributed by atoms with E-state index in [0.29, 0.717) is 28.8 Å². The van der Waals surface area contributed by atoms with Gasteiger partial charge in [-0.05, 0) is 30.3 Å². The Hall–Kier alpha value is -4.08. The van der Waals surface area contributed by atoms with E-state index in [0.717, 1.165) is 5.56 Å². The van der Waals surface area contributed by atoms with Gasteiger partial charge in [-0.2, -0.15) is 9.67 Å². The molecule has 10 nitrogen and oxygen atoms in total. The van der Waals surface area contributed by atoms with Gasteiger partial charge in [-0.15, -0.1) is 5.10 Å². The van der Waals surface area contributed by atoms with Gasteiger partial charge < -0.3 is 24.5 Å². The first-order valence-corrected chi connectivity index (χ1v) is 8.33. The van der Waals surface area contributed by atoms with E-state index in [9.17, 15) is 0 Å². The highest BCUT2D eigenvalue weighted by molar-refractivity contribution is 5.68. The number of aromatic nitrogens is 5. The maximum atomic E-state index is 6.23. The minimum Gasteiger partial charge on any atom is -0.494 e. The minimum atomic E-state index is 0.159. The van der Waals surface area contributed by atoms with Crippen LogP contribution in [0.3, 0.4) is 0 Å². The molecule has 3 heterocycles. The van der Waals surface area contributed by atoms with Gasteiger partial charge in [0.05, 0.1) is 7.11 Å². The lowest BCUT2D eigenvalue weighted by atomic mass is 10.2. The number of hydrogen-bond donors (Lipinski definition) is 1. The van der Waals surface area contributed by atoms with E-state index in [1.165, 1.54) is 4.68 Å². The zero-order valence-corrected chi connectivity index (χ0v) is 14.7. The number of methoxy groups -OCH3 is 1. The van der Waals surface area contributed by atoms with Crippen molar-refractivity contribution in [2.45, 2.75) is 0 Å². The molecule has 0 saturated carbocycles. The number of nitrogen functional groups attached to an aromatic ring is 1. The predicted octanol–water partition coefficient (Wildman–Crippen LogP) is 2.30. The maximum absolute atomic E-state index is 6.23. The SMILES string of the molecule is COc1ccccc1-n1nnc(-c2nc(-c3ccc4c(c3)OCO4)no2)c1N. The molecule has 2 aromatic carbocycles. The molecule has 0 fully saturated rings. The third-order valence-electron chi connectivity index (χ3n) is 4.28. The van der Waals surface area contributed by atoms with E-state index >= 15 is 0 Å². The van der Waals surface area contributed by atoms with Crippen molar-refractivity contribution >= 4 is 5.82 Å². The van der Waals surface area contributed by atoms with Crippen LogP contribution < -0.4 is 19.9 Å². The molecular formula is C18H14N6O4. The van der Waals surface area contributed by atoms with E-state index in [2.05, 4.69) is 20.5 Å². The lowest BCUT2D eigenvalue weighted by Crippen LogP contribution is -2.04. The second-order valence-electron chi connectivity index (χ2n) is 5.90. The molecule has 0 radical (unpaired) electrons. The highest BCUT2D eigenvalue weighted by atomic mass is 16.7. The summed E-state index contributed by atoms with van der Waals surface area (Å²) in [6.45, 7) is 0.193. The van der Waals surface area contributed by atoms with E-state index < -0.39 is 0 Å². The Balaban J connectivity index is 1.51. The molecule has 1 aliphatic heterocycles. The van der Waals surface area contributed by atoms with Crippen molar-refractivity contribution in [2.75, 3.05) is 19.6 Å². The Morgan fingerprint density at radius 2 is 1.96 bits per heavy atom. The topological polar surface area (TPSA) is 123 Å². The van der Waals surface area contributed by atoms with Gasteiger partial charge in [0.15, 0.2) is 23.0 Å². The molecule has 0 saturated heterocycles. The van der Waals surface area contributed by atoms with Crippen LogP contribution in [0, 0.1) is 0 Å². The molecule has 0 aliphatic carbocycles. The van der Waals surface area contributed by atoms with Crippen LogP contribution in [0.2, 0.25) is 0 Å². The highest BCUT2D eigenvalue weighted by Crippen LogP contribution is 2.36. The van der Waals surface area contributed by atoms with Crippen LogP contribution in [-0.2, 0) is 0 Å². The molecule has 4 aromatic rings. The van der Waals surface area contributed by atoms with Crippen LogP contribution in [-0.4, -0.2) is 39.0 Å². The van der Waals surface area contributed by atoms with Crippen LogP contribution >= 0.6 is 0 Å². The lowest BCUT2D eigenvalue weighted by Gasteiger charge is -2.08. The number of benzene rings is 2. The number of anilines is 1. The van der Waals surface area contributed by atoms with Gasteiger partial charge in [0.25, 0.3) is 5.89 Å². The lowest BCUT2D eigenvalue weighted by molar-refractivity contribution is 0.174. The van der Waals surface area contributed by atoms with Crippen LogP contribution in [0.1, 0.15) is 0 Å². The summed E-state index contributed by atoms with van der Waals surface area (Å²) in [4.78, 5) is 4.39. The Bertz CT molecular complexity index is 1170. The Morgan fingerprint density at radius 1 is 1.11 bits per heavy atom. The number of para-hydroxylation sites is 2. The van der Waals surface area contributed by atoms with Gasteiger partial charge in [-0.1, -0.05) is 22.5 Å². The van der Waals surface area contributed by atoms with E-state index in [4.69, 9.17) is 24.5 Å². The fraction of sp³-hybridized carbons (Fsp3) is 0.111. The molecule has 10 heteroatoms. The van der Waals surface area contributed by atoms with E-state index in [1.54, 1.807) is 25.3 Å². The standard InChI is InChI=1S/C18H14N6O4/c1-25-12-5-3-2-4-11(12)24-16(19)15(21-23-24)18-20-17(22-28-18)10-6-7-13-14(8-10)27-9-26-13/h2-8H,9,19H2,1H3. The maximum Gasteiger partial charge on any atom is 0.282 e. The molecular weight excluding hydrogens is 364 g/mol. The van der Waals surface area contributed by atoms with Crippen molar-refractivity contribution in [1.82, 2.24) is 25.1 Å². The first-order valence-electron chi connectivity index (χ1n) is 8.33. The molecule has 0 amide bonds. The second-order valence-corrected chi connectivity index (χ2v) is 5.90. The molecule has 2 aromatic heterocycles. The fourth-order valence-electron chi connectivity index (χ4n) is 2.90. The molecule has 0 bridgehead atoms. The monoisotopic (exact) mass is 378 g/mol. The average Bonchev–Trinajstić information content (AvgIpc) is 3.46. The zero-order valence-electron chi connectivity index (χ0n) is 14.7. The van der Waals surface area contributed by atoms with Gasteiger partial charge in [-0.25, -0.2) is 0 Å². The number of nitrogens with zero attached hydrogens (tertiary/aromatic N) is 5. The van der Waals surface area contributed by atoms with Crippen LogP contribution in [0.25, 0.3) is 28.7 Å². The number of fused-ring (bicyclic) bond motifs is 1. The predicted molar refractivity (Wildman–Crippen MR) is 97.2 cm³/mol. The molecule has 5 rings (SSSR count). The Morgan fingerprint density at radius 3 is 2.86 bits per heavy atom. The summed E-state index contributed by atoms with van der Waals surface area (Å²) in [5, 5.41) is 12.2. The van der Waals surface area contributed by atoms with Gasteiger partial charge in [0.2, 0.25) is 12.6 Å². The third kappa shape index (κ3) is 2.50. The van der Waals surface area contributed by atoms with Gasteiger partial charge in [0, 0.05) is 5.56 Å². The van der Waals surface area contributed by atoms with Crippen molar-refractivity contribution in [3.8, 4) is 45.9 Å². The molecule has 0 spiro atoms. The highest BCUT2D eigenvalue weighted by Gasteiger charge is 2.22. The van der Waals surface area contributed by atoms with Crippen molar-refractivity contribution in [2.24, 2.45) is 0 Å². The summed E-state index contributed by atoms with van der Waals surface area (Å²) in [6, 6.07) is 12.7. The molecule has 2 N–H and O–H groups in total. The first-order chi connectivity index (χ1) is 13.7. The molecule has 0 unspecified atom stereocenters. The zero-order chi connectivity index (χ0) is 19.1. The minimum absolute atomic E-state index is 0.159. The van der Waals surface area contributed by atoms with E-state index in [-0.39, 0.29) is 24.2 Å². The van der Waals surface area contributed by atoms with Crippen LogP contribution in [0.5, 0.6) is 17.2 Å². The van der Waals surface area contributed by atoms with Gasteiger partial charge in [-0.3, -0.25) is 0 Å². The van der Waals surface area contributed by atoms with Crippen molar-refractivity contribution < 1.29 is 18.7 Å². The third-order valence-corrected chi connectivity index (χ3v) is 4.28. The first kappa shape index (κ1) is 16.1. The van der Waals surface area contributed by atoms with Crippen molar-refractivity contribution in [3.05, 3.63) is 42.5 Å². The molecule has 1 aliphatic rings. The summed E-state index contributed by atoms with van der Waals surface area (Å²) in [6.07, 6.45) is 0. The summed E-state index contributed by atoms with van der Waals surface area (Å²) in [5.41, 5.74) is 7.88. The Kier molecular flexibility index (Phi) is 3.61. The summed E-state index contributed by atoms with van der Waals surface area (Å²) in [5.74, 6) is 2.70. The van der Waals surface area contributed by atoms with Crippen molar-refractivity contribution in [3.63, 3.8) is 0 Å². The van der Waals surface area contributed by atoms with Crippen molar-refractivity contribution in [1.29, 1.82) is 0 Å². The number of rotatable bonds is 4. The Labute approximate surface area is 158 Å². The number of ether oxygens (including phenoxy) is 3. The summed E-state index contributed by atoms with van der Waals surface area (Å²) in [7, 11) is 1.57. The largest absolute Gasteiger partial charge is 0.494 e. The summed E-state index contributed by atoms with van der Waals surface area (Å²) < 4.78 is 22.8. The molecule has 0 atom stereocenters. The number of nitrogens with two attached hydrogens (primary N) is 1. The van der Waals surface area contributed by atoms with Crippen LogP contribution in [0.4, 0.5) is 5.82 Å². The number of hydrogen-bond acceptors (Lipinski definition) is 9. The summed E-state index contributed by atoms with van der Waals surface area (Å²) >= 11 is 0. The molecule has 28 heavy (non-hydrogen) atoms. The fourth-order valence-corrected chi connectivity index (χ4v) is 2.90. The van der Waals surface area contributed by atoms with Crippen LogP contribution in [0.15, 0.2) is 47.0 Å². The normalized spacial score (nSPS) is 12.3.